The molecule has 0 saturated carbocycles. The van der Waals surface area contributed by atoms with Gasteiger partial charge >= 0.3 is 0 Å². The second kappa shape index (κ2) is 9.25. The maximum Gasteiger partial charge on any atom is 0.228 e. The summed E-state index contributed by atoms with van der Waals surface area (Å²) in [6.45, 7) is 6.46. The SMILES string of the molecule is CC(C)Oc1ccccc1NC(=O)C1CCCN(Cc2ccccc2Cl)C1. The Morgan fingerprint density at radius 1 is 1.22 bits per heavy atom. The third-order valence-electron chi connectivity index (χ3n) is 4.74. The molecule has 1 unspecified atom stereocenters. The fraction of sp³-hybridized carbons (Fsp3) is 0.409. The van der Waals surface area contributed by atoms with Crippen molar-refractivity contribution in [2.24, 2.45) is 5.92 Å². The van der Waals surface area contributed by atoms with Crippen LogP contribution in [0.3, 0.4) is 0 Å². The van der Waals surface area contributed by atoms with Gasteiger partial charge in [0.25, 0.3) is 0 Å². The van der Waals surface area contributed by atoms with Crippen LogP contribution in [0.2, 0.25) is 5.02 Å². The number of carbonyl (C=O) groups is 1. The average molecular weight is 387 g/mol. The lowest BCUT2D eigenvalue weighted by Gasteiger charge is -2.32. The smallest absolute Gasteiger partial charge is 0.228 e. The number of ether oxygens (including phenoxy) is 1. The Morgan fingerprint density at radius 2 is 1.96 bits per heavy atom. The molecule has 1 saturated heterocycles. The molecule has 0 aliphatic carbocycles. The van der Waals surface area contributed by atoms with Crippen LogP contribution < -0.4 is 10.1 Å². The lowest BCUT2D eigenvalue weighted by Crippen LogP contribution is -2.40. The highest BCUT2D eigenvalue weighted by Gasteiger charge is 2.26. The molecule has 1 atom stereocenters. The first-order valence-electron chi connectivity index (χ1n) is 9.55. The zero-order chi connectivity index (χ0) is 19.2. The molecule has 1 N–H and O–H groups in total. The fourth-order valence-corrected chi connectivity index (χ4v) is 3.64. The van der Waals surface area contributed by atoms with Crippen molar-refractivity contribution >= 4 is 23.2 Å². The molecule has 27 heavy (non-hydrogen) atoms. The molecular weight excluding hydrogens is 360 g/mol. The summed E-state index contributed by atoms with van der Waals surface area (Å²) in [5.41, 5.74) is 1.84. The number of carbonyl (C=O) groups excluding carboxylic acids is 1. The van der Waals surface area contributed by atoms with E-state index in [0.29, 0.717) is 5.75 Å². The normalized spacial score (nSPS) is 17.7. The first-order chi connectivity index (χ1) is 13.0. The number of hydrogen-bond acceptors (Lipinski definition) is 3. The molecular formula is C22H27ClN2O2. The summed E-state index contributed by atoms with van der Waals surface area (Å²) < 4.78 is 5.81. The molecule has 3 rings (SSSR count). The zero-order valence-corrected chi connectivity index (χ0v) is 16.7. The van der Waals surface area contributed by atoms with E-state index in [0.717, 1.165) is 48.7 Å². The Labute approximate surface area is 166 Å². The molecule has 0 radical (unpaired) electrons. The van der Waals surface area contributed by atoms with Gasteiger partial charge in [0, 0.05) is 18.1 Å². The van der Waals surface area contributed by atoms with Crippen LogP contribution in [0.25, 0.3) is 0 Å². The summed E-state index contributed by atoms with van der Waals surface area (Å²) in [6, 6.07) is 15.5. The van der Waals surface area contributed by atoms with Gasteiger partial charge in [0.1, 0.15) is 5.75 Å². The molecule has 1 aliphatic heterocycles. The van der Waals surface area contributed by atoms with Gasteiger partial charge in [-0.15, -0.1) is 0 Å². The Kier molecular flexibility index (Phi) is 6.75. The summed E-state index contributed by atoms with van der Waals surface area (Å²) >= 11 is 6.29. The highest BCUT2D eigenvalue weighted by atomic mass is 35.5. The highest BCUT2D eigenvalue weighted by Crippen LogP contribution is 2.27. The van der Waals surface area contributed by atoms with Crippen LogP contribution in [-0.4, -0.2) is 30.0 Å². The molecule has 1 aliphatic rings. The molecule has 2 aromatic carbocycles. The van der Waals surface area contributed by atoms with Gasteiger partial charge in [0.05, 0.1) is 17.7 Å². The highest BCUT2D eigenvalue weighted by molar-refractivity contribution is 6.31. The van der Waals surface area contributed by atoms with Gasteiger partial charge in [-0.05, 0) is 57.0 Å². The summed E-state index contributed by atoms with van der Waals surface area (Å²) in [5, 5.41) is 3.85. The van der Waals surface area contributed by atoms with E-state index in [1.807, 2.05) is 62.4 Å². The lowest BCUT2D eigenvalue weighted by molar-refractivity contribution is -0.121. The van der Waals surface area contributed by atoms with Crippen molar-refractivity contribution in [3.63, 3.8) is 0 Å². The minimum absolute atomic E-state index is 0.0339. The molecule has 2 aromatic rings. The topological polar surface area (TPSA) is 41.6 Å². The van der Waals surface area contributed by atoms with Crippen molar-refractivity contribution in [1.29, 1.82) is 0 Å². The van der Waals surface area contributed by atoms with Gasteiger partial charge < -0.3 is 10.1 Å². The number of piperidine rings is 1. The number of halogens is 1. The number of amides is 1. The Balaban J connectivity index is 1.63. The number of nitrogens with one attached hydrogen (secondary N) is 1. The fourth-order valence-electron chi connectivity index (χ4n) is 3.44. The van der Waals surface area contributed by atoms with Crippen molar-refractivity contribution < 1.29 is 9.53 Å². The molecule has 0 spiro atoms. The Hall–Kier alpha value is -2.04. The summed E-state index contributed by atoms with van der Waals surface area (Å²) in [7, 11) is 0. The van der Waals surface area contributed by atoms with E-state index < -0.39 is 0 Å². The van der Waals surface area contributed by atoms with E-state index >= 15 is 0 Å². The molecule has 144 valence electrons. The van der Waals surface area contributed by atoms with Gasteiger partial charge in [-0.2, -0.15) is 0 Å². The lowest BCUT2D eigenvalue weighted by atomic mass is 9.96. The number of anilines is 1. The number of hydrogen-bond donors (Lipinski definition) is 1. The zero-order valence-electron chi connectivity index (χ0n) is 16.0. The quantitative estimate of drug-likeness (QED) is 0.761. The number of benzene rings is 2. The van der Waals surface area contributed by atoms with E-state index in [1.54, 1.807) is 0 Å². The van der Waals surface area contributed by atoms with Crippen LogP contribution in [0, 0.1) is 5.92 Å². The summed E-state index contributed by atoms with van der Waals surface area (Å²) in [4.78, 5) is 15.2. The van der Waals surface area contributed by atoms with Gasteiger partial charge in [-0.1, -0.05) is 41.9 Å². The molecule has 1 amide bonds. The van der Waals surface area contributed by atoms with Crippen LogP contribution in [0.1, 0.15) is 32.3 Å². The molecule has 4 nitrogen and oxygen atoms in total. The van der Waals surface area contributed by atoms with E-state index in [2.05, 4.69) is 10.2 Å². The summed E-state index contributed by atoms with van der Waals surface area (Å²) in [5.74, 6) is 0.733. The number of likely N-dealkylation sites (tertiary alicyclic amines) is 1. The van der Waals surface area contributed by atoms with E-state index in [-0.39, 0.29) is 17.9 Å². The van der Waals surface area contributed by atoms with Gasteiger partial charge in [0.15, 0.2) is 0 Å². The maximum absolute atomic E-state index is 12.9. The third kappa shape index (κ3) is 5.47. The van der Waals surface area contributed by atoms with Gasteiger partial charge in [0.2, 0.25) is 5.91 Å². The molecule has 0 aromatic heterocycles. The first-order valence-corrected chi connectivity index (χ1v) is 9.93. The number of rotatable bonds is 6. The van der Waals surface area contributed by atoms with Gasteiger partial charge in [-0.3, -0.25) is 9.69 Å². The van der Waals surface area contributed by atoms with E-state index in [9.17, 15) is 4.79 Å². The van der Waals surface area contributed by atoms with Crippen molar-refractivity contribution in [1.82, 2.24) is 4.90 Å². The Morgan fingerprint density at radius 3 is 2.74 bits per heavy atom. The molecule has 1 fully saturated rings. The van der Waals surface area contributed by atoms with Gasteiger partial charge in [-0.25, -0.2) is 0 Å². The van der Waals surface area contributed by atoms with Crippen LogP contribution >= 0.6 is 11.6 Å². The largest absolute Gasteiger partial charge is 0.489 e. The second-order valence-electron chi connectivity index (χ2n) is 7.32. The Bertz CT molecular complexity index is 778. The molecule has 0 bridgehead atoms. The van der Waals surface area contributed by atoms with Crippen molar-refractivity contribution in [2.75, 3.05) is 18.4 Å². The van der Waals surface area contributed by atoms with Crippen molar-refractivity contribution in [2.45, 2.75) is 39.3 Å². The minimum atomic E-state index is -0.0339. The predicted octanol–water partition coefficient (Wildman–Crippen LogP) is 4.98. The van der Waals surface area contributed by atoms with E-state index in [1.165, 1.54) is 0 Å². The predicted molar refractivity (Wildman–Crippen MR) is 110 cm³/mol. The second-order valence-corrected chi connectivity index (χ2v) is 7.72. The van der Waals surface area contributed by atoms with E-state index in [4.69, 9.17) is 16.3 Å². The molecule has 1 heterocycles. The maximum atomic E-state index is 12.9. The average Bonchev–Trinajstić information content (AvgIpc) is 2.65. The standard InChI is InChI=1S/C22H27ClN2O2/c1-16(2)27-21-12-6-5-11-20(21)24-22(26)18-9-7-13-25(15-18)14-17-8-3-4-10-19(17)23/h3-6,8,10-12,16,18H,7,9,13-15H2,1-2H3,(H,24,26). The van der Waals surface area contributed by atoms with Crippen LogP contribution in [0.4, 0.5) is 5.69 Å². The van der Waals surface area contributed by atoms with Crippen LogP contribution in [0.5, 0.6) is 5.75 Å². The van der Waals surface area contributed by atoms with Crippen molar-refractivity contribution in [3.05, 3.63) is 59.1 Å². The monoisotopic (exact) mass is 386 g/mol. The number of nitrogens with zero attached hydrogens (tertiary/aromatic N) is 1. The van der Waals surface area contributed by atoms with Crippen LogP contribution in [0.15, 0.2) is 48.5 Å². The van der Waals surface area contributed by atoms with Crippen molar-refractivity contribution in [3.8, 4) is 5.75 Å². The van der Waals surface area contributed by atoms with Crippen LogP contribution in [-0.2, 0) is 11.3 Å². The molecule has 5 heteroatoms. The number of para-hydroxylation sites is 2. The first kappa shape index (κ1) is 19.7. The summed E-state index contributed by atoms with van der Waals surface area (Å²) in [6.07, 6.45) is 1.97. The minimum Gasteiger partial charge on any atom is -0.489 e. The third-order valence-corrected chi connectivity index (χ3v) is 5.10.